The van der Waals surface area contributed by atoms with E-state index in [2.05, 4.69) is 0 Å². The zero-order valence-corrected chi connectivity index (χ0v) is 13.3. The minimum atomic E-state index is -2.67. The van der Waals surface area contributed by atoms with Crippen LogP contribution in [-0.2, 0) is 19.3 Å². The van der Waals surface area contributed by atoms with Gasteiger partial charge in [-0.3, -0.25) is 0 Å². The van der Waals surface area contributed by atoms with E-state index in [1.54, 1.807) is 0 Å². The Hall–Kier alpha value is -1.08. The largest absolute Gasteiger partial charge is 0.505 e. The lowest BCUT2D eigenvalue weighted by Crippen LogP contribution is -2.48. The van der Waals surface area contributed by atoms with Gasteiger partial charge in [0.1, 0.15) is 0 Å². The maximum Gasteiger partial charge on any atom is 0.505 e. The fourth-order valence-corrected chi connectivity index (χ4v) is 4.83. The number of ether oxygens (including phenoxy) is 2. The summed E-state index contributed by atoms with van der Waals surface area (Å²) in [4.78, 5) is 0. The number of benzene rings is 1. The Kier molecular flexibility index (Phi) is 5.42. The van der Waals surface area contributed by atoms with Crippen LogP contribution in [0, 0.1) is 0 Å². The molecule has 1 heterocycles. The van der Waals surface area contributed by atoms with Gasteiger partial charge in [0.2, 0.25) is 6.79 Å². The second-order valence-electron chi connectivity index (χ2n) is 4.35. The third kappa shape index (κ3) is 3.52. The summed E-state index contributed by atoms with van der Waals surface area (Å²) in [5.74, 6) is 1.56. The van der Waals surface area contributed by atoms with Crippen LogP contribution in [0.5, 0.6) is 11.5 Å². The first-order valence-electron chi connectivity index (χ1n) is 7.03. The quantitative estimate of drug-likeness (QED) is 0.690. The minimum Gasteiger partial charge on any atom is -0.454 e. The lowest BCUT2D eigenvalue weighted by molar-refractivity contribution is 0.0704. The van der Waals surface area contributed by atoms with Crippen LogP contribution >= 0.6 is 0 Å². The Morgan fingerprint density at radius 3 is 2.15 bits per heavy atom. The van der Waals surface area contributed by atoms with Gasteiger partial charge in [-0.1, -0.05) is 6.07 Å². The zero-order chi connectivity index (χ0) is 14.4. The van der Waals surface area contributed by atoms with Crippen molar-refractivity contribution in [2.45, 2.75) is 26.8 Å². The molecule has 1 aromatic carbocycles. The van der Waals surface area contributed by atoms with Crippen molar-refractivity contribution in [3.63, 3.8) is 0 Å². The topological polar surface area (TPSA) is 46.2 Å². The summed E-state index contributed by atoms with van der Waals surface area (Å²) in [6.07, 6.45) is 0. The van der Waals surface area contributed by atoms with Crippen LogP contribution in [0.25, 0.3) is 0 Å². The van der Waals surface area contributed by atoms with Crippen molar-refractivity contribution >= 4 is 8.80 Å². The highest BCUT2D eigenvalue weighted by Crippen LogP contribution is 2.33. The average molecular weight is 298 g/mol. The van der Waals surface area contributed by atoms with E-state index in [4.69, 9.17) is 22.8 Å². The molecule has 0 aliphatic carbocycles. The molecular weight excluding hydrogens is 276 g/mol. The molecule has 6 heteroatoms. The van der Waals surface area contributed by atoms with Gasteiger partial charge in [0, 0.05) is 25.9 Å². The van der Waals surface area contributed by atoms with E-state index in [0.29, 0.717) is 25.9 Å². The Morgan fingerprint density at radius 2 is 1.55 bits per heavy atom. The van der Waals surface area contributed by atoms with Crippen LogP contribution < -0.4 is 9.47 Å². The van der Waals surface area contributed by atoms with Crippen LogP contribution in [-0.4, -0.2) is 35.4 Å². The molecule has 1 aliphatic rings. The molecule has 0 saturated heterocycles. The van der Waals surface area contributed by atoms with Crippen LogP contribution in [0.1, 0.15) is 26.3 Å². The first-order valence-corrected chi connectivity index (χ1v) is 8.96. The maximum absolute atomic E-state index is 5.86. The molecule has 0 spiro atoms. The van der Waals surface area contributed by atoms with Gasteiger partial charge in [-0.2, -0.15) is 0 Å². The highest BCUT2D eigenvalue weighted by molar-refractivity contribution is 6.60. The molecule has 0 aromatic heterocycles. The number of hydrogen-bond donors (Lipinski definition) is 0. The van der Waals surface area contributed by atoms with E-state index in [0.717, 1.165) is 17.1 Å². The summed E-state index contributed by atoms with van der Waals surface area (Å²) in [7, 11) is -2.67. The van der Waals surface area contributed by atoms with Crippen molar-refractivity contribution in [1.82, 2.24) is 0 Å². The van der Waals surface area contributed by atoms with Crippen molar-refractivity contribution in [2.75, 3.05) is 26.6 Å². The number of rotatable bonds is 8. The summed E-state index contributed by atoms with van der Waals surface area (Å²) >= 11 is 0. The fourth-order valence-electron chi connectivity index (χ4n) is 2.24. The van der Waals surface area contributed by atoms with Crippen molar-refractivity contribution < 1.29 is 22.8 Å². The summed E-state index contributed by atoms with van der Waals surface area (Å²) in [5, 5.41) is 0. The van der Waals surface area contributed by atoms with E-state index >= 15 is 0 Å². The predicted octanol–water partition coefficient (Wildman–Crippen LogP) is 2.55. The normalized spacial score (nSPS) is 13.8. The van der Waals surface area contributed by atoms with Gasteiger partial charge in [-0.25, -0.2) is 0 Å². The van der Waals surface area contributed by atoms with Crippen LogP contribution in [0.3, 0.4) is 0 Å². The molecule has 0 N–H and O–H groups in total. The zero-order valence-electron chi connectivity index (χ0n) is 12.3. The lowest BCUT2D eigenvalue weighted by Gasteiger charge is -2.28. The molecular formula is C14H22O5Si. The molecule has 0 amide bonds. The van der Waals surface area contributed by atoms with Gasteiger partial charge in [0.15, 0.2) is 11.5 Å². The molecule has 0 bridgehead atoms. The molecule has 112 valence electrons. The lowest BCUT2D eigenvalue weighted by atomic mass is 10.2. The third-order valence-electron chi connectivity index (χ3n) is 2.95. The SMILES string of the molecule is CCO[Si](Cc1ccc2c(c1)OCO2)(OCC)OCC. The monoisotopic (exact) mass is 298 g/mol. The second kappa shape index (κ2) is 7.08. The van der Waals surface area contributed by atoms with Crippen molar-refractivity contribution in [1.29, 1.82) is 0 Å². The Labute approximate surface area is 121 Å². The molecule has 0 atom stereocenters. The molecule has 0 saturated carbocycles. The second-order valence-corrected chi connectivity index (χ2v) is 6.93. The smallest absolute Gasteiger partial charge is 0.454 e. The van der Waals surface area contributed by atoms with Gasteiger partial charge < -0.3 is 22.8 Å². The Bertz CT molecular complexity index is 421. The van der Waals surface area contributed by atoms with Crippen LogP contribution in [0.15, 0.2) is 18.2 Å². The van der Waals surface area contributed by atoms with Gasteiger partial charge in [0.25, 0.3) is 0 Å². The van der Waals surface area contributed by atoms with E-state index in [-0.39, 0.29) is 6.79 Å². The number of hydrogen-bond acceptors (Lipinski definition) is 5. The molecule has 1 aromatic rings. The molecule has 20 heavy (non-hydrogen) atoms. The van der Waals surface area contributed by atoms with E-state index in [1.165, 1.54) is 0 Å². The average Bonchev–Trinajstić information content (AvgIpc) is 2.87. The van der Waals surface area contributed by atoms with Crippen LogP contribution in [0.4, 0.5) is 0 Å². The van der Waals surface area contributed by atoms with E-state index in [9.17, 15) is 0 Å². The fraction of sp³-hybridized carbons (Fsp3) is 0.571. The van der Waals surface area contributed by atoms with Gasteiger partial charge in [-0.05, 0) is 38.5 Å². The summed E-state index contributed by atoms with van der Waals surface area (Å²) < 4.78 is 28.3. The standard InChI is InChI=1S/C14H22O5Si/c1-4-17-20(18-5-2,19-6-3)10-12-7-8-13-14(9-12)16-11-15-13/h7-9H,4-6,10-11H2,1-3H3. The molecule has 5 nitrogen and oxygen atoms in total. The van der Waals surface area contributed by atoms with E-state index in [1.807, 2.05) is 39.0 Å². The first kappa shape index (κ1) is 15.3. The first-order chi connectivity index (χ1) is 9.73. The molecule has 0 unspecified atom stereocenters. The van der Waals surface area contributed by atoms with Crippen molar-refractivity contribution in [3.05, 3.63) is 23.8 Å². The highest BCUT2D eigenvalue weighted by atomic mass is 28.4. The van der Waals surface area contributed by atoms with E-state index < -0.39 is 8.80 Å². The Balaban J connectivity index is 2.17. The molecule has 0 fully saturated rings. The molecule has 1 aliphatic heterocycles. The summed E-state index contributed by atoms with van der Waals surface area (Å²) in [6, 6.07) is 6.54. The highest BCUT2D eigenvalue weighted by Gasteiger charge is 2.40. The Morgan fingerprint density at radius 1 is 0.950 bits per heavy atom. The summed E-state index contributed by atoms with van der Waals surface area (Å²) in [5.41, 5.74) is 1.08. The molecule has 2 rings (SSSR count). The molecule has 0 radical (unpaired) electrons. The van der Waals surface area contributed by atoms with Gasteiger partial charge in [-0.15, -0.1) is 0 Å². The third-order valence-corrected chi connectivity index (χ3v) is 5.98. The summed E-state index contributed by atoms with van der Waals surface area (Å²) in [6.45, 7) is 7.90. The van der Waals surface area contributed by atoms with Gasteiger partial charge >= 0.3 is 8.80 Å². The maximum atomic E-state index is 5.86. The minimum absolute atomic E-state index is 0.281. The van der Waals surface area contributed by atoms with Gasteiger partial charge in [0.05, 0.1) is 0 Å². The number of fused-ring (bicyclic) bond motifs is 1. The van der Waals surface area contributed by atoms with Crippen LogP contribution in [0.2, 0.25) is 0 Å². The van der Waals surface area contributed by atoms with Crippen molar-refractivity contribution in [3.8, 4) is 11.5 Å². The predicted molar refractivity (Wildman–Crippen MR) is 76.9 cm³/mol. The van der Waals surface area contributed by atoms with Crippen molar-refractivity contribution in [2.24, 2.45) is 0 Å².